The van der Waals surface area contributed by atoms with E-state index in [0.29, 0.717) is 13.1 Å². The maximum atomic E-state index is 12.8. The van der Waals surface area contributed by atoms with Gasteiger partial charge in [-0.25, -0.2) is 0 Å². The Morgan fingerprint density at radius 1 is 0.966 bits per heavy atom. The fraction of sp³-hybridized carbons (Fsp3) is 0.417. The molecule has 1 N–H and O–H groups in total. The van der Waals surface area contributed by atoms with E-state index in [1.54, 1.807) is 11.9 Å². The number of nitrogens with zero attached hydrogens (tertiary/aromatic N) is 2. The standard InChI is InChI=1S/C24H33N3O2/c1-5-15-27(16-20-13-11-19(3)12-14-20)24(29)18-26(4)17-23(28)25-22-10-8-7-9-21(22)6-2/h7-14H,5-6,15-18H2,1-4H3,(H,25,28). The van der Waals surface area contributed by atoms with Crippen molar-refractivity contribution >= 4 is 17.5 Å². The minimum atomic E-state index is -0.109. The molecule has 0 radical (unpaired) electrons. The summed E-state index contributed by atoms with van der Waals surface area (Å²) in [6.45, 7) is 7.87. The van der Waals surface area contributed by atoms with Gasteiger partial charge in [-0.05, 0) is 44.0 Å². The van der Waals surface area contributed by atoms with Crippen LogP contribution < -0.4 is 5.32 Å². The van der Waals surface area contributed by atoms with Crippen LogP contribution in [0.2, 0.25) is 0 Å². The van der Waals surface area contributed by atoms with E-state index in [2.05, 4.69) is 50.4 Å². The third-order valence-electron chi connectivity index (χ3n) is 4.83. The summed E-state index contributed by atoms with van der Waals surface area (Å²) in [7, 11) is 1.80. The highest BCUT2D eigenvalue weighted by atomic mass is 16.2. The van der Waals surface area contributed by atoms with Crippen molar-refractivity contribution in [2.75, 3.05) is 32.0 Å². The fourth-order valence-corrected chi connectivity index (χ4v) is 3.25. The number of benzene rings is 2. The number of hydrogen-bond donors (Lipinski definition) is 1. The van der Waals surface area contributed by atoms with E-state index in [0.717, 1.165) is 29.7 Å². The smallest absolute Gasteiger partial charge is 0.238 e. The topological polar surface area (TPSA) is 52.7 Å². The van der Waals surface area contributed by atoms with Crippen LogP contribution in [0.5, 0.6) is 0 Å². The molecule has 0 saturated heterocycles. The van der Waals surface area contributed by atoms with Crippen LogP contribution in [-0.4, -0.2) is 48.3 Å². The van der Waals surface area contributed by atoms with E-state index in [1.165, 1.54) is 5.56 Å². The van der Waals surface area contributed by atoms with Crippen molar-refractivity contribution in [3.8, 4) is 0 Å². The number of para-hydroxylation sites is 1. The Hall–Kier alpha value is -2.66. The second-order valence-electron chi connectivity index (χ2n) is 7.53. The second-order valence-corrected chi connectivity index (χ2v) is 7.53. The summed E-state index contributed by atoms with van der Waals surface area (Å²) in [4.78, 5) is 28.9. The number of carbonyl (C=O) groups excluding carboxylic acids is 2. The van der Waals surface area contributed by atoms with Crippen molar-refractivity contribution in [2.45, 2.75) is 40.2 Å². The number of rotatable bonds is 10. The molecule has 0 heterocycles. The van der Waals surface area contributed by atoms with E-state index in [4.69, 9.17) is 0 Å². The summed E-state index contributed by atoms with van der Waals surface area (Å²) >= 11 is 0. The van der Waals surface area contributed by atoms with Crippen LogP contribution in [0, 0.1) is 6.92 Å². The highest BCUT2D eigenvalue weighted by Gasteiger charge is 2.17. The molecule has 0 saturated carbocycles. The number of nitrogens with one attached hydrogen (secondary N) is 1. The SMILES string of the molecule is CCCN(Cc1ccc(C)cc1)C(=O)CN(C)CC(=O)Nc1ccccc1CC. The lowest BCUT2D eigenvalue weighted by Gasteiger charge is -2.25. The van der Waals surface area contributed by atoms with Crippen LogP contribution in [0.4, 0.5) is 5.69 Å². The predicted octanol–water partition coefficient (Wildman–Crippen LogP) is 3.87. The van der Waals surface area contributed by atoms with E-state index in [1.807, 2.05) is 29.2 Å². The fourth-order valence-electron chi connectivity index (χ4n) is 3.25. The zero-order valence-corrected chi connectivity index (χ0v) is 18.1. The Balaban J connectivity index is 1.90. The zero-order chi connectivity index (χ0) is 21.2. The molecule has 0 aliphatic rings. The molecule has 0 aliphatic carbocycles. The molecule has 0 bridgehead atoms. The maximum absolute atomic E-state index is 12.8. The minimum absolute atomic E-state index is 0.0386. The molecule has 2 aromatic rings. The molecule has 29 heavy (non-hydrogen) atoms. The first-order valence-electron chi connectivity index (χ1n) is 10.3. The lowest BCUT2D eigenvalue weighted by atomic mass is 10.1. The van der Waals surface area contributed by atoms with Gasteiger partial charge < -0.3 is 10.2 Å². The molecule has 156 valence electrons. The van der Waals surface area contributed by atoms with Gasteiger partial charge in [-0.1, -0.05) is 61.9 Å². The van der Waals surface area contributed by atoms with Crippen molar-refractivity contribution in [1.82, 2.24) is 9.80 Å². The van der Waals surface area contributed by atoms with Crippen LogP contribution in [0.3, 0.4) is 0 Å². The molecule has 2 amide bonds. The summed E-state index contributed by atoms with van der Waals surface area (Å²) in [5, 5.41) is 2.96. The molecule has 0 aromatic heterocycles. The normalized spacial score (nSPS) is 10.8. The highest BCUT2D eigenvalue weighted by Crippen LogP contribution is 2.15. The molecule has 0 unspecified atom stereocenters. The largest absolute Gasteiger partial charge is 0.337 e. The monoisotopic (exact) mass is 395 g/mol. The van der Waals surface area contributed by atoms with Gasteiger partial charge >= 0.3 is 0 Å². The number of anilines is 1. The van der Waals surface area contributed by atoms with Gasteiger partial charge in [0, 0.05) is 18.8 Å². The lowest BCUT2D eigenvalue weighted by molar-refractivity contribution is -0.133. The first kappa shape index (κ1) is 22.6. The van der Waals surface area contributed by atoms with Crippen molar-refractivity contribution in [2.24, 2.45) is 0 Å². The van der Waals surface area contributed by atoms with Gasteiger partial charge in [0.25, 0.3) is 0 Å². The Kier molecular flexibility index (Phi) is 8.87. The number of likely N-dealkylation sites (N-methyl/N-ethyl adjacent to an activating group) is 1. The number of amides is 2. The summed E-state index contributed by atoms with van der Waals surface area (Å²) in [6, 6.07) is 16.1. The van der Waals surface area contributed by atoms with Crippen LogP contribution in [-0.2, 0) is 22.6 Å². The quantitative estimate of drug-likeness (QED) is 0.664. The lowest BCUT2D eigenvalue weighted by Crippen LogP contribution is -2.41. The van der Waals surface area contributed by atoms with Crippen LogP contribution in [0.15, 0.2) is 48.5 Å². The second kappa shape index (κ2) is 11.4. The molecule has 0 spiro atoms. The molecular weight excluding hydrogens is 362 g/mol. The van der Waals surface area contributed by atoms with Crippen LogP contribution in [0.1, 0.15) is 37.0 Å². The summed E-state index contributed by atoms with van der Waals surface area (Å²) in [5.74, 6) is -0.0709. The number of carbonyl (C=O) groups is 2. The maximum Gasteiger partial charge on any atom is 0.238 e. The Labute approximate surface area is 174 Å². The van der Waals surface area contributed by atoms with Crippen LogP contribution in [0.25, 0.3) is 0 Å². The first-order valence-corrected chi connectivity index (χ1v) is 10.3. The summed E-state index contributed by atoms with van der Waals surface area (Å²) < 4.78 is 0. The molecule has 5 heteroatoms. The van der Waals surface area contributed by atoms with E-state index in [-0.39, 0.29) is 24.9 Å². The van der Waals surface area contributed by atoms with Gasteiger partial charge in [-0.2, -0.15) is 0 Å². The minimum Gasteiger partial charge on any atom is -0.337 e. The molecule has 2 rings (SSSR count). The van der Waals surface area contributed by atoms with E-state index < -0.39 is 0 Å². The molecule has 0 atom stereocenters. The Morgan fingerprint density at radius 3 is 2.31 bits per heavy atom. The van der Waals surface area contributed by atoms with Gasteiger partial charge in [-0.3, -0.25) is 14.5 Å². The van der Waals surface area contributed by atoms with Crippen molar-refractivity contribution < 1.29 is 9.59 Å². The van der Waals surface area contributed by atoms with Crippen molar-refractivity contribution in [3.63, 3.8) is 0 Å². The van der Waals surface area contributed by atoms with Gasteiger partial charge in [0.05, 0.1) is 13.1 Å². The van der Waals surface area contributed by atoms with Gasteiger partial charge in [0.15, 0.2) is 0 Å². The Bertz CT molecular complexity index is 802. The number of hydrogen-bond acceptors (Lipinski definition) is 3. The average Bonchev–Trinajstić information content (AvgIpc) is 2.69. The summed E-state index contributed by atoms with van der Waals surface area (Å²) in [6.07, 6.45) is 1.76. The molecule has 0 fully saturated rings. The van der Waals surface area contributed by atoms with Gasteiger partial charge in [0.2, 0.25) is 11.8 Å². The molecular formula is C24H33N3O2. The van der Waals surface area contributed by atoms with Crippen LogP contribution >= 0.6 is 0 Å². The van der Waals surface area contributed by atoms with Crippen molar-refractivity contribution in [1.29, 1.82) is 0 Å². The average molecular weight is 396 g/mol. The van der Waals surface area contributed by atoms with Gasteiger partial charge in [-0.15, -0.1) is 0 Å². The molecule has 2 aromatic carbocycles. The van der Waals surface area contributed by atoms with E-state index >= 15 is 0 Å². The van der Waals surface area contributed by atoms with Crippen molar-refractivity contribution in [3.05, 3.63) is 65.2 Å². The number of aryl methyl sites for hydroxylation is 2. The van der Waals surface area contributed by atoms with E-state index in [9.17, 15) is 9.59 Å². The first-order chi connectivity index (χ1) is 13.9. The third-order valence-corrected chi connectivity index (χ3v) is 4.83. The molecule has 0 aliphatic heterocycles. The summed E-state index contributed by atoms with van der Waals surface area (Å²) in [5.41, 5.74) is 4.27. The van der Waals surface area contributed by atoms with Gasteiger partial charge in [0.1, 0.15) is 0 Å². The zero-order valence-electron chi connectivity index (χ0n) is 18.1. The Morgan fingerprint density at radius 2 is 1.66 bits per heavy atom. The predicted molar refractivity (Wildman–Crippen MR) is 119 cm³/mol. The molecule has 5 nitrogen and oxygen atoms in total. The third kappa shape index (κ3) is 7.35. The highest BCUT2D eigenvalue weighted by molar-refractivity contribution is 5.93.